The number of pyridine rings is 1. The monoisotopic (exact) mass is 420 g/mol. The molecule has 1 saturated heterocycles. The Morgan fingerprint density at radius 3 is 2.83 bits per heavy atom. The van der Waals surface area contributed by atoms with Crippen LogP contribution >= 0.6 is 11.3 Å². The van der Waals surface area contributed by atoms with Crippen molar-refractivity contribution < 1.29 is 4.79 Å². The Bertz CT molecular complexity index is 937. The average Bonchev–Trinajstić information content (AvgIpc) is 3.28. The molecule has 6 heteroatoms. The van der Waals surface area contributed by atoms with Gasteiger partial charge in [-0.3, -0.25) is 9.78 Å². The summed E-state index contributed by atoms with van der Waals surface area (Å²) in [5.74, 6) is -0.136. The number of amides is 1. The van der Waals surface area contributed by atoms with E-state index in [1.165, 1.54) is 5.56 Å². The summed E-state index contributed by atoms with van der Waals surface area (Å²) in [6, 6.07) is 14.9. The third kappa shape index (κ3) is 5.46. The number of rotatable bonds is 7. The zero-order valence-corrected chi connectivity index (χ0v) is 18.1. The van der Waals surface area contributed by atoms with E-state index < -0.39 is 0 Å². The van der Waals surface area contributed by atoms with Crippen molar-refractivity contribution in [2.24, 2.45) is 0 Å². The average molecular weight is 421 g/mol. The number of anilines is 2. The molecule has 3 aromatic rings. The van der Waals surface area contributed by atoms with Gasteiger partial charge in [0, 0.05) is 48.9 Å². The van der Waals surface area contributed by atoms with Gasteiger partial charge in [-0.05, 0) is 78.9 Å². The summed E-state index contributed by atoms with van der Waals surface area (Å²) in [6.45, 7) is 4.31. The predicted octanol–water partition coefficient (Wildman–Crippen LogP) is 4.59. The molecule has 2 aromatic heterocycles. The molecular weight excluding hydrogens is 392 g/mol. The van der Waals surface area contributed by atoms with Gasteiger partial charge < -0.3 is 15.5 Å². The minimum Gasteiger partial charge on any atom is -0.371 e. The minimum absolute atomic E-state index is 0.136. The van der Waals surface area contributed by atoms with Crippen LogP contribution in [0.25, 0.3) is 0 Å². The fourth-order valence-corrected chi connectivity index (χ4v) is 4.69. The van der Waals surface area contributed by atoms with E-state index in [1.807, 2.05) is 12.1 Å². The summed E-state index contributed by atoms with van der Waals surface area (Å²) < 4.78 is 0. The summed E-state index contributed by atoms with van der Waals surface area (Å²) >= 11 is 1.77. The van der Waals surface area contributed by atoms with Crippen molar-refractivity contribution >= 4 is 28.6 Å². The van der Waals surface area contributed by atoms with Gasteiger partial charge in [-0.25, -0.2) is 0 Å². The quantitative estimate of drug-likeness (QED) is 0.587. The van der Waals surface area contributed by atoms with Gasteiger partial charge in [0.05, 0.1) is 5.56 Å². The molecule has 1 atom stereocenters. The van der Waals surface area contributed by atoms with Gasteiger partial charge in [-0.2, -0.15) is 11.3 Å². The molecule has 1 fully saturated rings. The van der Waals surface area contributed by atoms with Crippen LogP contribution in [-0.4, -0.2) is 36.1 Å². The first-order valence-corrected chi connectivity index (χ1v) is 11.4. The van der Waals surface area contributed by atoms with Crippen LogP contribution in [0.5, 0.6) is 0 Å². The highest BCUT2D eigenvalue weighted by Gasteiger charge is 2.21. The topological polar surface area (TPSA) is 57.3 Å². The fourth-order valence-electron chi connectivity index (χ4n) is 4.01. The van der Waals surface area contributed by atoms with Crippen molar-refractivity contribution in [3.63, 3.8) is 0 Å². The molecule has 3 heterocycles. The number of thiophene rings is 1. The summed E-state index contributed by atoms with van der Waals surface area (Å²) in [5, 5.41) is 11.2. The number of carbonyl (C=O) groups excluding carboxylic acids is 1. The van der Waals surface area contributed by atoms with Crippen LogP contribution in [0.1, 0.15) is 35.7 Å². The highest BCUT2D eigenvalue weighted by Crippen LogP contribution is 2.24. The first kappa shape index (κ1) is 20.6. The second-order valence-electron chi connectivity index (χ2n) is 7.91. The maximum atomic E-state index is 12.4. The maximum Gasteiger partial charge on any atom is 0.257 e. The standard InChI is InChI=1S/C24H28N4OS/c1-18(14-19-9-13-30-17-19)26-21-7-11-28(12-8-21)23-6-2-5-22(15-23)27-24(29)20-4-3-10-25-16-20/h2-6,9-10,13,15-18,21,26H,7-8,11-12,14H2,1H3,(H,27,29). The van der Waals surface area contributed by atoms with Gasteiger partial charge in [-0.1, -0.05) is 6.07 Å². The first-order valence-electron chi connectivity index (χ1n) is 10.5. The van der Waals surface area contributed by atoms with Crippen molar-refractivity contribution in [1.29, 1.82) is 0 Å². The maximum absolute atomic E-state index is 12.4. The molecule has 2 N–H and O–H groups in total. The molecule has 0 spiro atoms. The molecule has 30 heavy (non-hydrogen) atoms. The largest absolute Gasteiger partial charge is 0.371 e. The summed E-state index contributed by atoms with van der Waals surface area (Å²) in [6.07, 6.45) is 6.58. The number of hydrogen-bond acceptors (Lipinski definition) is 5. The second-order valence-corrected chi connectivity index (χ2v) is 8.69. The Hall–Kier alpha value is -2.70. The Kier molecular flexibility index (Phi) is 6.77. The van der Waals surface area contributed by atoms with E-state index in [0.717, 1.165) is 43.7 Å². The van der Waals surface area contributed by atoms with E-state index in [2.05, 4.69) is 56.4 Å². The van der Waals surface area contributed by atoms with Crippen molar-refractivity contribution in [1.82, 2.24) is 10.3 Å². The number of benzene rings is 1. The third-order valence-electron chi connectivity index (χ3n) is 5.53. The van der Waals surface area contributed by atoms with Crippen LogP contribution in [0, 0.1) is 0 Å². The van der Waals surface area contributed by atoms with E-state index in [-0.39, 0.29) is 5.91 Å². The highest BCUT2D eigenvalue weighted by molar-refractivity contribution is 7.07. The van der Waals surface area contributed by atoms with Gasteiger partial charge in [-0.15, -0.1) is 0 Å². The number of piperidine rings is 1. The molecule has 0 saturated carbocycles. The normalized spacial score (nSPS) is 15.7. The van der Waals surface area contributed by atoms with Gasteiger partial charge in [0.1, 0.15) is 0 Å². The lowest BCUT2D eigenvalue weighted by molar-refractivity contribution is 0.102. The van der Waals surface area contributed by atoms with Crippen LogP contribution in [-0.2, 0) is 6.42 Å². The Morgan fingerprint density at radius 1 is 1.23 bits per heavy atom. The van der Waals surface area contributed by atoms with Crippen molar-refractivity contribution in [3.05, 3.63) is 76.7 Å². The zero-order chi connectivity index (χ0) is 20.8. The number of nitrogens with zero attached hydrogens (tertiary/aromatic N) is 2. The first-order chi connectivity index (χ1) is 14.7. The van der Waals surface area contributed by atoms with Crippen molar-refractivity contribution in [2.75, 3.05) is 23.3 Å². The molecule has 0 radical (unpaired) electrons. The van der Waals surface area contributed by atoms with E-state index in [9.17, 15) is 4.79 Å². The lowest BCUT2D eigenvalue weighted by atomic mass is 10.0. The molecule has 1 unspecified atom stereocenters. The van der Waals surface area contributed by atoms with E-state index in [4.69, 9.17) is 0 Å². The predicted molar refractivity (Wildman–Crippen MR) is 124 cm³/mol. The van der Waals surface area contributed by atoms with Crippen LogP contribution in [0.3, 0.4) is 0 Å². The smallest absolute Gasteiger partial charge is 0.257 e. The molecule has 1 aliphatic heterocycles. The Labute approximate surface area is 182 Å². The summed E-state index contributed by atoms with van der Waals surface area (Å²) in [4.78, 5) is 18.8. The van der Waals surface area contributed by atoms with Crippen LogP contribution in [0.2, 0.25) is 0 Å². The number of hydrogen-bond donors (Lipinski definition) is 2. The number of nitrogens with one attached hydrogen (secondary N) is 2. The summed E-state index contributed by atoms with van der Waals surface area (Å²) in [7, 11) is 0. The molecule has 5 nitrogen and oxygen atoms in total. The molecule has 1 aromatic carbocycles. The number of aromatic nitrogens is 1. The molecular formula is C24H28N4OS. The van der Waals surface area contributed by atoms with Crippen LogP contribution < -0.4 is 15.5 Å². The van der Waals surface area contributed by atoms with Crippen LogP contribution in [0.15, 0.2) is 65.6 Å². The van der Waals surface area contributed by atoms with Crippen molar-refractivity contribution in [2.45, 2.75) is 38.3 Å². The van der Waals surface area contributed by atoms with E-state index in [0.29, 0.717) is 17.6 Å². The van der Waals surface area contributed by atoms with Gasteiger partial charge >= 0.3 is 0 Å². The third-order valence-corrected chi connectivity index (χ3v) is 6.26. The van der Waals surface area contributed by atoms with Gasteiger partial charge in [0.15, 0.2) is 0 Å². The molecule has 1 aliphatic rings. The highest BCUT2D eigenvalue weighted by atomic mass is 32.1. The molecule has 0 aliphatic carbocycles. The molecule has 0 bridgehead atoms. The van der Waals surface area contributed by atoms with E-state index in [1.54, 1.807) is 35.9 Å². The van der Waals surface area contributed by atoms with Gasteiger partial charge in [0.2, 0.25) is 0 Å². The van der Waals surface area contributed by atoms with Gasteiger partial charge in [0.25, 0.3) is 5.91 Å². The minimum atomic E-state index is -0.136. The molecule has 1 amide bonds. The van der Waals surface area contributed by atoms with Crippen LogP contribution in [0.4, 0.5) is 11.4 Å². The summed E-state index contributed by atoms with van der Waals surface area (Å²) in [5.41, 5.74) is 3.95. The number of carbonyl (C=O) groups is 1. The lowest BCUT2D eigenvalue weighted by Gasteiger charge is -2.35. The second kappa shape index (κ2) is 9.87. The van der Waals surface area contributed by atoms with Crippen molar-refractivity contribution in [3.8, 4) is 0 Å². The molecule has 4 rings (SSSR count). The Balaban J connectivity index is 1.29. The zero-order valence-electron chi connectivity index (χ0n) is 17.3. The SMILES string of the molecule is CC(Cc1ccsc1)NC1CCN(c2cccc(NC(=O)c3cccnc3)c2)CC1. The lowest BCUT2D eigenvalue weighted by Crippen LogP contribution is -2.46. The Morgan fingerprint density at radius 2 is 2.10 bits per heavy atom. The molecule has 156 valence electrons. The fraction of sp³-hybridized carbons (Fsp3) is 0.333. The van der Waals surface area contributed by atoms with E-state index >= 15 is 0 Å².